The molecule has 0 atom stereocenters. The topological polar surface area (TPSA) is 129 Å². The fourth-order valence-corrected chi connectivity index (χ4v) is 2.04. The molecule has 1 radical (unpaired) electrons. The summed E-state index contributed by atoms with van der Waals surface area (Å²) < 4.78 is 0. The Kier molecular flexibility index (Phi) is 20.8. The monoisotopic (exact) mass is 742 g/mol. The van der Waals surface area contributed by atoms with Gasteiger partial charge in [-0.1, -0.05) is 0 Å². The van der Waals surface area contributed by atoms with Crippen LogP contribution in [0.3, 0.4) is 0 Å². The average Bonchev–Trinajstić information content (AvgIpc) is 2.88. The molecule has 0 N–H and O–H groups in total. The van der Waals surface area contributed by atoms with Crippen molar-refractivity contribution in [3.8, 4) is 0 Å². The van der Waals surface area contributed by atoms with E-state index in [0.29, 0.717) is 25.8 Å². The fraction of sp³-hybridized carbons (Fsp3) is 0. The van der Waals surface area contributed by atoms with E-state index in [2.05, 4.69) is 113 Å². The molecular weight excluding hydrogens is 727 g/mol. The van der Waals surface area contributed by atoms with E-state index >= 15 is 0 Å². The maximum atomic E-state index is 4.59. The second-order valence-electron chi connectivity index (χ2n) is 5.16. The molecule has 5 heterocycles. The molecule has 0 fully saturated rings. The van der Waals surface area contributed by atoms with Crippen LogP contribution in [0.15, 0.2) is 118 Å². The second kappa shape index (κ2) is 22.6. The van der Waals surface area contributed by atoms with Crippen LogP contribution in [-0.2, 0) is 83.6 Å². The van der Waals surface area contributed by atoms with Crippen LogP contribution in [0.25, 0.3) is 0 Å². The summed E-state index contributed by atoms with van der Waals surface area (Å²) >= 11 is 22.9. The Morgan fingerprint density at radius 2 is 0.389 bits per heavy atom. The van der Waals surface area contributed by atoms with Crippen molar-refractivity contribution in [2.75, 3.05) is 0 Å². The number of hydrogen-bond acceptors (Lipinski definition) is 15. The van der Waals surface area contributed by atoms with Gasteiger partial charge in [-0.25, -0.2) is 0 Å². The van der Waals surface area contributed by atoms with Crippen LogP contribution in [0, 0.1) is 0 Å². The normalized spacial score (nSPS) is 8.33. The summed E-state index contributed by atoms with van der Waals surface area (Å²) in [5, 5.41) is 2.03. The smallest absolute Gasteiger partial charge is 0.0283 e. The maximum Gasteiger partial charge on any atom is 0.0283 e. The van der Waals surface area contributed by atoms with Gasteiger partial charge in [0, 0.05) is 108 Å². The van der Waals surface area contributed by atoms with Crippen molar-refractivity contribution in [2.45, 2.75) is 25.8 Å². The molecule has 187 valence electrons. The molecule has 0 saturated heterocycles. The summed E-state index contributed by atoms with van der Waals surface area (Å²) in [4.78, 5) is 36.8. The summed E-state index contributed by atoms with van der Waals surface area (Å²) in [6.45, 7) is 0. The van der Waals surface area contributed by atoms with Crippen molar-refractivity contribution in [3.05, 3.63) is 92.3 Å². The molecule has 36 heavy (non-hydrogen) atoms. The number of rotatable bonds is 0. The van der Waals surface area contributed by atoms with E-state index in [1.54, 1.807) is 92.3 Å². The van der Waals surface area contributed by atoms with Crippen LogP contribution >= 0.6 is 0 Å². The minimum absolute atomic E-state index is 0. The van der Waals surface area contributed by atoms with Crippen LogP contribution in [-0.4, -0.2) is 49.8 Å². The Bertz CT molecular complexity index is 922. The minimum Gasteiger partial charge on any atom is -0.740 e. The quantitative estimate of drug-likeness (QED) is 0.169. The summed E-state index contributed by atoms with van der Waals surface area (Å²) in [6, 6.07) is 8.66. The van der Waals surface area contributed by atoms with Crippen molar-refractivity contribution in [3.63, 3.8) is 0 Å². The molecule has 0 aliphatic carbocycles. The predicted molar refractivity (Wildman–Crippen MR) is 138 cm³/mol. The largest absolute Gasteiger partial charge is 0.740 e. The zero-order chi connectivity index (χ0) is 25.6. The van der Waals surface area contributed by atoms with Crippen LogP contribution in [0.1, 0.15) is 0 Å². The van der Waals surface area contributed by atoms with Crippen molar-refractivity contribution >= 4 is 63.1 Å². The Labute approximate surface area is 249 Å². The van der Waals surface area contributed by atoms with E-state index in [1.165, 1.54) is 0 Å². The van der Waals surface area contributed by atoms with Crippen molar-refractivity contribution in [1.82, 2.24) is 49.8 Å². The van der Waals surface area contributed by atoms with Crippen LogP contribution in [0.2, 0.25) is 0 Å². The van der Waals surface area contributed by atoms with E-state index < -0.39 is 0 Å². The Morgan fingerprint density at radius 3 is 0.444 bits per heavy atom. The molecule has 0 aliphatic heterocycles. The second-order valence-corrected chi connectivity index (χ2v) is 6.98. The first-order chi connectivity index (χ1) is 17.0. The van der Waals surface area contributed by atoms with E-state index in [-0.39, 0.29) is 20.4 Å². The van der Waals surface area contributed by atoms with Crippen molar-refractivity contribution in [1.29, 1.82) is 0 Å². The van der Waals surface area contributed by atoms with Gasteiger partial charge in [0.1, 0.15) is 0 Å². The number of hydrogen-bond donors (Lipinski definition) is 0. The molecule has 10 nitrogen and oxygen atoms in total. The van der Waals surface area contributed by atoms with E-state index in [1.807, 2.05) is 0 Å². The third-order valence-electron chi connectivity index (χ3n) is 2.71. The van der Waals surface area contributed by atoms with Gasteiger partial charge in [0.15, 0.2) is 0 Å². The Morgan fingerprint density at radius 1 is 0.278 bits per heavy atom. The molecular formula is C20H15N10ReS5-5. The van der Waals surface area contributed by atoms with E-state index in [9.17, 15) is 0 Å². The zero-order valence-electron chi connectivity index (χ0n) is 18.1. The van der Waals surface area contributed by atoms with Gasteiger partial charge in [0.05, 0.1) is 0 Å². The van der Waals surface area contributed by atoms with E-state index in [0.717, 1.165) is 0 Å². The SMILES string of the molecule is [Re].[S-]c1ncccn1.[S-]c1ncccn1.[S-]c1ncccn1.[S-]c1ncccn1.[S-]c1ncccn1. The number of nitrogens with zero attached hydrogens (tertiary/aromatic N) is 10. The molecule has 5 aromatic rings. The molecule has 0 bridgehead atoms. The van der Waals surface area contributed by atoms with Crippen molar-refractivity contribution in [2.24, 2.45) is 0 Å². The summed E-state index contributed by atoms with van der Waals surface area (Å²) in [7, 11) is 0. The maximum absolute atomic E-state index is 4.59. The van der Waals surface area contributed by atoms with Crippen LogP contribution in [0.5, 0.6) is 0 Å². The Hall–Kier alpha value is -2.84. The molecule has 0 aliphatic rings. The minimum atomic E-state index is 0. The van der Waals surface area contributed by atoms with Gasteiger partial charge in [-0.15, -0.1) is 0 Å². The molecule has 0 unspecified atom stereocenters. The summed E-state index contributed by atoms with van der Waals surface area (Å²) in [5.41, 5.74) is 0. The molecule has 0 spiro atoms. The van der Waals surface area contributed by atoms with Gasteiger partial charge in [-0.2, -0.15) is 0 Å². The zero-order valence-corrected chi connectivity index (χ0v) is 24.8. The third-order valence-corrected chi connectivity index (χ3v) is 3.76. The van der Waals surface area contributed by atoms with Gasteiger partial charge in [0.25, 0.3) is 0 Å². The first kappa shape index (κ1) is 33.2. The van der Waals surface area contributed by atoms with Gasteiger partial charge >= 0.3 is 0 Å². The molecule has 16 heteroatoms. The van der Waals surface area contributed by atoms with E-state index in [4.69, 9.17) is 0 Å². The first-order valence-electron chi connectivity index (χ1n) is 9.17. The van der Waals surface area contributed by atoms with Crippen LogP contribution < -0.4 is 0 Å². The predicted octanol–water partition coefficient (Wildman–Crippen LogP) is 1.91. The molecule has 0 aromatic carbocycles. The fourth-order valence-electron chi connectivity index (χ4n) is 1.43. The third kappa shape index (κ3) is 20.5. The van der Waals surface area contributed by atoms with Gasteiger partial charge in [-0.05, 0) is 30.3 Å². The van der Waals surface area contributed by atoms with Gasteiger partial charge < -0.3 is 63.1 Å². The average molecular weight is 742 g/mol. The molecule has 0 amide bonds. The molecule has 5 aromatic heterocycles. The first-order valence-corrected chi connectivity index (χ1v) is 11.2. The standard InChI is InChI=1S/5C4H4N2S.Re/c5*7-4-5-2-1-3-6-4;/h5*1-3H,(H,5,6,7);/p-5. The molecule has 0 saturated carbocycles. The molecule has 5 rings (SSSR count). The van der Waals surface area contributed by atoms with Gasteiger partial charge in [0.2, 0.25) is 0 Å². The summed E-state index contributed by atoms with van der Waals surface area (Å²) in [6.07, 6.45) is 16.2. The van der Waals surface area contributed by atoms with Crippen LogP contribution in [0.4, 0.5) is 0 Å². The summed E-state index contributed by atoms with van der Waals surface area (Å²) in [5.74, 6) is 0. The Balaban J connectivity index is 0.000000422. The van der Waals surface area contributed by atoms with Gasteiger partial charge in [-0.3, -0.25) is 49.8 Å². The number of aromatic nitrogens is 10. The van der Waals surface area contributed by atoms with Crippen molar-refractivity contribution < 1.29 is 20.4 Å².